The molecule has 3 aliphatic heterocycles. The number of aryl methyl sites for hydroxylation is 2. The third-order valence-electron chi connectivity index (χ3n) is 9.59. The molecule has 3 aromatic rings. The molecule has 242 valence electrons. The van der Waals surface area contributed by atoms with Gasteiger partial charge in [-0.1, -0.05) is 76.8 Å². The van der Waals surface area contributed by atoms with Gasteiger partial charge in [-0.15, -0.1) is 0 Å². The molecule has 0 spiro atoms. The predicted octanol–water partition coefficient (Wildman–Crippen LogP) is 4.91. The number of likely N-dealkylation sites (tertiary alicyclic amines) is 2. The minimum atomic E-state index is -1.06. The van der Waals surface area contributed by atoms with E-state index in [0.717, 1.165) is 28.7 Å². The average molecular weight is 664 g/mol. The summed E-state index contributed by atoms with van der Waals surface area (Å²) in [6.45, 7) is 7.01. The van der Waals surface area contributed by atoms with Crippen LogP contribution < -0.4 is 0 Å². The van der Waals surface area contributed by atoms with Crippen LogP contribution in [0.3, 0.4) is 0 Å². The van der Waals surface area contributed by atoms with E-state index in [4.69, 9.17) is 23.2 Å². The number of piperazine rings is 2. The Labute approximate surface area is 280 Å². The van der Waals surface area contributed by atoms with Crippen molar-refractivity contribution in [3.8, 4) is 0 Å². The number of nitrogens with zero attached hydrogens (tertiary/aromatic N) is 4. The van der Waals surface area contributed by atoms with Crippen molar-refractivity contribution in [3.63, 3.8) is 0 Å². The van der Waals surface area contributed by atoms with Crippen molar-refractivity contribution in [1.29, 1.82) is 0 Å². The number of hydrogen-bond acceptors (Lipinski definition) is 5. The second-order valence-electron chi connectivity index (χ2n) is 12.9. The molecular formula is C36H40Cl2N4O4. The highest BCUT2D eigenvalue weighted by atomic mass is 35.5. The number of carbonyl (C=O) groups excluding carboxylic acids is 3. The highest BCUT2D eigenvalue weighted by molar-refractivity contribution is 6.42. The molecule has 0 aromatic heterocycles. The number of aliphatic hydroxyl groups excluding tert-OH is 1. The summed E-state index contributed by atoms with van der Waals surface area (Å²) in [6, 6.07) is 20.7. The highest BCUT2D eigenvalue weighted by Crippen LogP contribution is 2.34. The molecule has 3 saturated heterocycles. The molecule has 46 heavy (non-hydrogen) atoms. The average Bonchev–Trinajstić information content (AvgIpc) is 3.65. The maximum absolute atomic E-state index is 13.8. The van der Waals surface area contributed by atoms with Gasteiger partial charge in [0.15, 0.2) is 0 Å². The number of carbonyl (C=O) groups is 3. The number of amides is 3. The molecule has 3 amide bonds. The zero-order chi connectivity index (χ0) is 32.5. The Morgan fingerprint density at radius 3 is 2.26 bits per heavy atom. The topological polar surface area (TPSA) is 84.4 Å². The molecule has 3 heterocycles. The van der Waals surface area contributed by atoms with E-state index in [0.29, 0.717) is 67.7 Å². The van der Waals surface area contributed by atoms with Gasteiger partial charge in [-0.3, -0.25) is 19.3 Å². The second kappa shape index (κ2) is 13.7. The Hall–Kier alpha value is -3.43. The number of hydrogen-bond donors (Lipinski definition) is 1. The van der Waals surface area contributed by atoms with Gasteiger partial charge in [0.05, 0.1) is 16.1 Å². The third kappa shape index (κ3) is 6.95. The molecule has 8 nitrogen and oxygen atoms in total. The van der Waals surface area contributed by atoms with Crippen molar-refractivity contribution in [2.45, 2.75) is 57.3 Å². The van der Waals surface area contributed by atoms with Crippen LogP contribution in [-0.2, 0) is 16.0 Å². The molecule has 0 aliphatic carbocycles. The summed E-state index contributed by atoms with van der Waals surface area (Å²) in [5.41, 5.74) is 4.48. The Morgan fingerprint density at radius 2 is 1.59 bits per heavy atom. The fourth-order valence-electron chi connectivity index (χ4n) is 7.34. The van der Waals surface area contributed by atoms with Gasteiger partial charge in [-0.2, -0.15) is 0 Å². The van der Waals surface area contributed by atoms with Crippen LogP contribution in [0.5, 0.6) is 0 Å². The summed E-state index contributed by atoms with van der Waals surface area (Å²) in [5.74, 6) is -0.251. The van der Waals surface area contributed by atoms with Gasteiger partial charge in [0, 0.05) is 69.8 Å². The Morgan fingerprint density at radius 1 is 0.848 bits per heavy atom. The van der Waals surface area contributed by atoms with Crippen molar-refractivity contribution >= 4 is 40.9 Å². The van der Waals surface area contributed by atoms with Crippen LogP contribution in [0.1, 0.15) is 51.5 Å². The predicted molar refractivity (Wildman–Crippen MR) is 179 cm³/mol. The largest absolute Gasteiger partial charge is 0.383 e. The minimum Gasteiger partial charge on any atom is -0.383 e. The van der Waals surface area contributed by atoms with Crippen molar-refractivity contribution in [1.82, 2.24) is 19.6 Å². The van der Waals surface area contributed by atoms with Gasteiger partial charge in [-0.05, 0) is 55.7 Å². The Kier molecular flexibility index (Phi) is 9.71. The Bertz CT molecular complexity index is 1600. The summed E-state index contributed by atoms with van der Waals surface area (Å²) in [4.78, 5) is 48.3. The molecule has 4 atom stereocenters. The van der Waals surface area contributed by atoms with Gasteiger partial charge in [0.2, 0.25) is 5.91 Å². The lowest BCUT2D eigenvalue weighted by Crippen LogP contribution is -2.54. The van der Waals surface area contributed by atoms with Crippen LogP contribution in [-0.4, -0.2) is 99.9 Å². The lowest BCUT2D eigenvalue weighted by Gasteiger charge is -2.42. The molecule has 3 fully saturated rings. The minimum absolute atomic E-state index is 0.0172. The molecule has 2 bridgehead atoms. The van der Waals surface area contributed by atoms with Gasteiger partial charge in [0.1, 0.15) is 6.10 Å². The SMILES string of the molecule is Cc1cc(C)cc(C(=O)N2CCN(C(=O)CCN3C[C@@H]4C[C@H]3CN4C(=O)[C@@H](O)Cc3ccccc3)[C@H](c3ccc(Cl)c(Cl)c3)C2)c1. The zero-order valence-corrected chi connectivity index (χ0v) is 27.8. The first-order valence-corrected chi connectivity index (χ1v) is 16.7. The molecule has 0 radical (unpaired) electrons. The van der Waals surface area contributed by atoms with Crippen LogP contribution in [0.15, 0.2) is 66.7 Å². The lowest BCUT2D eigenvalue weighted by atomic mass is 10.00. The third-order valence-corrected chi connectivity index (χ3v) is 10.3. The molecule has 10 heteroatoms. The van der Waals surface area contributed by atoms with Crippen molar-refractivity contribution in [3.05, 3.63) is 105 Å². The molecule has 6 rings (SSSR count). The summed E-state index contributed by atoms with van der Waals surface area (Å²) >= 11 is 12.6. The first-order chi connectivity index (χ1) is 22.1. The van der Waals surface area contributed by atoms with Crippen molar-refractivity contribution in [2.24, 2.45) is 0 Å². The molecule has 0 unspecified atom stereocenters. The van der Waals surface area contributed by atoms with Crippen LogP contribution >= 0.6 is 23.2 Å². The van der Waals surface area contributed by atoms with E-state index in [2.05, 4.69) is 4.90 Å². The molecule has 3 aliphatic rings. The summed E-state index contributed by atoms with van der Waals surface area (Å²) in [5, 5.41) is 11.5. The van der Waals surface area contributed by atoms with Crippen LogP contribution in [0.25, 0.3) is 0 Å². The number of halogens is 2. The van der Waals surface area contributed by atoms with E-state index < -0.39 is 6.10 Å². The normalized spacial score (nSPS) is 21.9. The maximum Gasteiger partial charge on any atom is 0.254 e. The highest BCUT2D eigenvalue weighted by Gasteiger charge is 2.46. The van der Waals surface area contributed by atoms with Crippen LogP contribution in [0.2, 0.25) is 10.0 Å². The fourth-order valence-corrected chi connectivity index (χ4v) is 7.65. The number of aliphatic hydroxyl groups is 1. The van der Waals surface area contributed by atoms with Crippen LogP contribution in [0, 0.1) is 13.8 Å². The maximum atomic E-state index is 13.8. The van der Waals surface area contributed by atoms with E-state index in [9.17, 15) is 19.5 Å². The van der Waals surface area contributed by atoms with E-state index >= 15 is 0 Å². The van der Waals surface area contributed by atoms with E-state index in [1.165, 1.54) is 0 Å². The quantitative estimate of drug-likeness (QED) is 0.371. The Balaban J connectivity index is 1.09. The number of benzene rings is 3. The second-order valence-corrected chi connectivity index (χ2v) is 13.7. The molecule has 1 N–H and O–H groups in total. The number of rotatable bonds is 8. The van der Waals surface area contributed by atoms with E-state index in [1.807, 2.05) is 83.1 Å². The summed E-state index contributed by atoms with van der Waals surface area (Å²) < 4.78 is 0. The van der Waals surface area contributed by atoms with E-state index in [-0.39, 0.29) is 35.8 Å². The zero-order valence-electron chi connectivity index (χ0n) is 26.2. The smallest absolute Gasteiger partial charge is 0.254 e. The van der Waals surface area contributed by atoms with Gasteiger partial charge in [-0.25, -0.2) is 0 Å². The number of fused-ring (bicyclic) bond motifs is 2. The van der Waals surface area contributed by atoms with Crippen molar-refractivity contribution in [2.75, 3.05) is 39.3 Å². The van der Waals surface area contributed by atoms with Crippen LogP contribution in [0.4, 0.5) is 0 Å². The molecule has 3 aromatic carbocycles. The standard InChI is InChI=1S/C36H40Cl2N4O4/c1-23-14-24(2)16-27(15-23)35(45)40-12-13-41(32(22-40)26-8-9-30(37)31(38)18-26)34(44)10-11-39-20-29-19-28(39)21-42(29)36(46)33(43)17-25-6-4-3-5-7-25/h3-9,14-16,18,28-29,32-33,43H,10-13,17,19-22H2,1-2H3/t28-,29-,32-,33-/m0/s1. The first-order valence-electron chi connectivity index (χ1n) is 16.0. The monoisotopic (exact) mass is 662 g/mol. The summed E-state index contributed by atoms with van der Waals surface area (Å²) in [7, 11) is 0. The first kappa shape index (κ1) is 32.5. The molecule has 0 saturated carbocycles. The van der Waals surface area contributed by atoms with Gasteiger partial charge < -0.3 is 19.8 Å². The van der Waals surface area contributed by atoms with Crippen molar-refractivity contribution < 1.29 is 19.5 Å². The summed E-state index contributed by atoms with van der Waals surface area (Å²) in [6.07, 6.45) is 0.422. The van der Waals surface area contributed by atoms with E-state index in [1.54, 1.807) is 12.1 Å². The fraction of sp³-hybridized carbons (Fsp3) is 0.417. The molecular weight excluding hydrogens is 623 g/mol. The van der Waals surface area contributed by atoms with Gasteiger partial charge in [0.25, 0.3) is 11.8 Å². The lowest BCUT2D eigenvalue weighted by molar-refractivity contribution is -0.143. The van der Waals surface area contributed by atoms with Gasteiger partial charge >= 0.3 is 0 Å².